The minimum Gasteiger partial charge on any atom is -0.455 e. The van der Waals surface area contributed by atoms with Crippen molar-refractivity contribution in [3.63, 3.8) is 0 Å². The highest BCUT2D eigenvalue weighted by Gasteiger charge is 2.30. The van der Waals surface area contributed by atoms with E-state index in [0.29, 0.717) is 5.56 Å². The zero-order chi connectivity index (χ0) is 20.8. The van der Waals surface area contributed by atoms with Crippen LogP contribution in [-0.2, 0) is 24.3 Å². The molecule has 1 atom stereocenters. The topological polar surface area (TPSA) is 125 Å². The Bertz CT molecular complexity index is 858. The second-order valence-electron chi connectivity index (χ2n) is 6.77. The maximum Gasteiger partial charge on any atom is 0.321 e. The van der Waals surface area contributed by atoms with E-state index in [2.05, 4.69) is 10.0 Å². The van der Waals surface area contributed by atoms with Crippen LogP contribution in [0.3, 0.4) is 0 Å². The molecule has 0 aromatic heterocycles. The summed E-state index contributed by atoms with van der Waals surface area (Å²) in [5, 5.41) is 11.7. The Morgan fingerprint density at radius 1 is 1.30 bits per heavy atom. The normalized spacial score (nSPS) is 13.5. The maximum absolute atomic E-state index is 12.3. The van der Waals surface area contributed by atoms with Crippen molar-refractivity contribution in [1.29, 1.82) is 5.26 Å². The third-order valence-electron chi connectivity index (χ3n) is 4.19. The highest BCUT2D eigenvalue weighted by molar-refractivity contribution is 7.89. The van der Waals surface area contributed by atoms with Crippen LogP contribution in [0.2, 0.25) is 0 Å². The average molecular weight is 395 g/mol. The highest BCUT2D eigenvalue weighted by Crippen LogP contribution is 2.16. The predicted octanol–water partition coefficient (Wildman–Crippen LogP) is 1.18. The second-order valence-corrected chi connectivity index (χ2v) is 8.51. The first-order valence-corrected chi connectivity index (χ1v) is 9.84. The molecule has 0 fully saturated rings. The third-order valence-corrected chi connectivity index (χ3v) is 5.73. The molecule has 0 aliphatic rings. The van der Waals surface area contributed by atoms with E-state index in [0.717, 1.165) is 5.56 Å². The molecule has 8 nitrogen and oxygen atoms in total. The quantitative estimate of drug-likeness (QED) is 0.637. The van der Waals surface area contributed by atoms with Crippen molar-refractivity contribution in [3.8, 4) is 6.07 Å². The molecule has 0 aliphatic carbocycles. The summed E-state index contributed by atoms with van der Waals surface area (Å²) in [4.78, 5) is 23.7. The number of nitriles is 1. The summed E-state index contributed by atoms with van der Waals surface area (Å²) in [6.45, 7) is 7.32. The van der Waals surface area contributed by atoms with Crippen LogP contribution in [0.1, 0.15) is 31.9 Å². The molecule has 0 bridgehead atoms. The Morgan fingerprint density at radius 3 is 2.48 bits per heavy atom. The molecular formula is C18H25N3O5S. The molecule has 1 amide bonds. The first-order valence-electron chi connectivity index (χ1n) is 8.36. The standard InChI is InChI=1S/C18H25N3O5S/c1-12(2)18(5,11-19)21-16(22)10-26-17(23)9-20-27(24,25)15-8-13(3)6-7-14(15)4/h6-8,12,20H,9-10H2,1-5H3,(H,21,22)/t18-/m1/s1. The van der Waals surface area contributed by atoms with E-state index >= 15 is 0 Å². The molecule has 1 aromatic carbocycles. The van der Waals surface area contributed by atoms with E-state index in [4.69, 9.17) is 10.00 Å². The van der Waals surface area contributed by atoms with Crippen molar-refractivity contribution in [3.05, 3.63) is 29.3 Å². The summed E-state index contributed by atoms with van der Waals surface area (Å²) >= 11 is 0. The number of carbonyl (C=O) groups excluding carboxylic acids is 2. The fraction of sp³-hybridized carbons (Fsp3) is 0.500. The summed E-state index contributed by atoms with van der Waals surface area (Å²) in [5.74, 6) is -1.69. The summed E-state index contributed by atoms with van der Waals surface area (Å²) in [7, 11) is -3.89. The SMILES string of the molecule is Cc1ccc(C)c(S(=O)(=O)NCC(=O)OCC(=O)N[C@](C)(C#N)C(C)C)c1. The number of aryl methyl sites for hydroxylation is 2. The molecule has 1 aromatic rings. The zero-order valence-corrected chi connectivity index (χ0v) is 16.9. The van der Waals surface area contributed by atoms with Crippen LogP contribution < -0.4 is 10.0 Å². The van der Waals surface area contributed by atoms with Gasteiger partial charge in [-0.2, -0.15) is 9.98 Å². The van der Waals surface area contributed by atoms with Crippen molar-refractivity contribution in [1.82, 2.24) is 10.0 Å². The fourth-order valence-electron chi connectivity index (χ4n) is 2.05. The van der Waals surface area contributed by atoms with Gasteiger partial charge in [-0.05, 0) is 43.9 Å². The first-order chi connectivity index (χ1) is 12.4. The third kappa shape index (κ3) is 6.34. The van der Waals surface area contributed by atoms with Crippen LogP contribution in [0.4, 0.5) is 0 Å². The minimum absolute atomic E-state index is 0.0785. The van der Waals surface area contributed by atoms with E-state index in [1.54, 1.807) is 46.8 Å². The predicted molar refractivity (Wildman–Crippen MR) is 99.1 cm³/mol. The number of esters is 1. The van der Waals surface area contributed by atoms with Gasteiger partial charge >= 0.3 is 5.97 Å². The maximum atomic E-state index is 12.3. The lowest BCUT2D eigenvalue weighted by atomic mass is 9.90. The lowest BCUT2D eigenvalue weighted by Crippen LogP contribution is -2.50. The van der Waals surface area contributed by atoms with Crippen LogP contribution in [0, 0.1) is 31.1 Å². The molecular weight excluding hydrogens is 370 g/mol. The molecule has 1 rings (SSSR count). The van der Waals surface area contributed by atoms with Gasteiger partial charge in [-0.25, -0.2) is 8.42 Å². The van der Waals surface area contributed by atoms with E-state index in [1.807, 2.05) is 6.07 Å². The molecule has 0 radical (unpaired) electrons. The van der Waals surface area contributed by atoms with Gasteiger partial charge in [0.2, 0.25) is 10.0 Å². The van der Waals surface area contributed by atoms with Gasteiger partial charge in [0.05, 0.1) is 11.0 Å². The smallest absolute Gasteiger partial charge is 0.321 e. The van der Waals surface area contributed by atoms with Crippen LogP contribution in [0.25, 0.3) is 0 Å². The van der Waals surface area contributed by atoms with Crippen LogP contribution >= 0.6 is 0 Å². The number of hydrogen-bond donors (Lipinski definition) is 2. The highest BCUT2D eigenvalue weighted by atomic mass is 32.2. The monoisotopic (exact) mass is 395 g/mol. The number of nitrogens with zero attached hydrogens (tertiary/aromatic N) is 1. The van der Waals surface area contributed by atoms with Crippen LogP contribution in [0.5, 0.6) is 0 Å². The van der Waals surface area contributed by atoms with Crippen LogP contribution in [0.15, 0.2) is 23.1 Å². The fourth-order valence-corrected chi connectivity index (χ4v) is 3.35. The van der Waals surface area contributed by atoms with Crippen molar-refractivity contribution < 1.29 is 22.7 Å². The van der Waals surface area contributed by atoms with Crippen molar-refractivity contribution in [2.75, 3.05) is 13.2 Å². The second kappa shape index (κ2) is 8.97. The van der Waals surface area contributed by atoms with Gasteiger partial charge in [0.1, 0.15) is 12.1 Å². The summed E-state index contributed by atoms with van der Waals surface area (Å²) in [6.07, 6.45) is 0. The Balaban J connectivity index is 2.60. The zero-order valence-electron chi connectivity index (χ0n) is 16.1. The molecule has 148 valence electrons. The van der Waals surface area contributed by atoms with Gasteiger partial charge in [-0.1, -0.05) is 26.0 Å². The average Bonchev–Trinajstić information content (AvgIpc) is 2.59. The first kappa shape index (κ1) is 22.6. The van der Waals surface area contributed by atoms with Crippen LogP contribution in [-0.4, -0.2) is 39.0 Å². The number of sulfonamides is 1. The number of ether oxygens (including phenoxy) is 1. The molecule has 0 heterocycles. The molecule has 0 unspecified atom stereocenters. The number of benzene rings is 1. The van der Waals surface area contributed by atoms with Gasteiger partial charge in [0, 0.05) is 0 Å². The molecule has 0 aliphatic heterocycles. The number of nitrogens with one attached hydrogen (secondary N) is 2. The Kier molecular flexibility index (Phi) is 7.51. The van der Waals surface area contributed by atoms with Gasteiger partial charge in [0.25, 0.3) is 5.91 Å². The van der Waals surface area contributed by atoms with E-state index < -0.39 is 40.6 Å². The van der Waals surface area contributed by atoms with Gasteiger partial charge < -0.3 is 10.1 Å². The van der Waals surface area contributed by atoms with Gasteiger partial charge in [-0.15, -0.1) is 0 Å². The lowest BCUT2D eigenvalue weighted by molar-refractivity contribution is -0.147. The van der Waals surface area contributed by atoms with E-state index in [1.165, 1.54) is 6.07 Å². The molecule has 2 N–H and O–H groups in total. The van der Waals surface area contributed by atoms with Crippen molar-refractivity contribution in [2.45, 2.75) is 45.1 Å². The molecule has 0 spiro atoms. The van der Waals surface area contributed by atoms with E-state index in [9.17, 15) is 18.0 Å². The molecule has 0 saturated heterocycles. The number of hydrogen-bond acceptors (Lipinski definition) is 6. The molecule has 9 heteroatoms. The lowest BCUT2D eigenvalue weighted by Gasteiger charge is -2.27. The summed E-state index contributed by atoms with van der Waals surface area (Å²) in [6, 6.07) is 6.97. The van der Waals surface area contributed by atoms with Crippen molar-refractivity contribution >= 4 is 21.9 Å². The summed E-state index contributed by atoms with van der Waals surface area (Å²) in [5.41, 5.74) is 0.226. The summed E-state index contributed by atoms with van der Waals surface area (Å²) < 4.78 is 31.6. The van der Waals surface area contributed by atoms with Gasteiger partial charge in [0.15, 0.2) is 6.61 Å². The number of carbonyl (C=O) groups is 2. The Morgan fingerprint density at radius 2 is 1.93 bits per heavy atom. The Labute approximate surface area is 160 Å². The largest absolute Gasteiger partial charge is 0.455 e. The van der Waals surface area contributed by atoms with Crippen molar-refractivity contribution in [2.24, 2.45) is 5.92 Å². The van der Waals surface area contributed by atoms with Gasteiger partial charge in [-0.3, -0.25) is 9.59 Å². The molecule has 0 saturated carbocycles. The molecule has 27 heavy (non-hydrogen) atoms. The number of amides is 1. The number of rotatable bonds is 8. The Hall–Kier alpha value is -2.44. The minimum atomic E-state index is -3.89. The van der Waals surface area contributed by atoms with E-state index in [-0.39, 0.29) is 10.8 Å².